The van der Waals surface area contributed by atoms with Gasteiger partial charge in [0.1, 0.15) is 5.57 Å². The van der Waals surface area contributed by atoms with E-state index in [0.717, 1.165) is 11.1 Å². The summed E-state index contributed by atoms with van der Waals surface area (Å²) in [5, 5.41) is 4.83. The Bertz CT molecular complexity index is 581. The third kappa shape index (κ3) is 3.35. The van der Waals surface area contributed by atoms with Gasteiger partial charge in [-0.2, -0.15) is 0 Å². The highest BCUT2D eigenvalue weighted by Crippen LogP contribution is 2.10. The number of benzene rings is 1. The van der Waals surface area contributed by atoms with Gasteiger partial charge in [-0.3, -0.25) is 20.2 Å². The van der Waals surface area contributed by atoms with Gasteiger partial charge >= 0.3 is 0 Å². The normalized spacial score (nSPS) is 15.9. The molecule has 0 bridgehead atoms. The molecule has 2 N–H and O–H groups in total. The van der Waals surface area contributed by atoms with Crippen LogP contribution in [0.25, 0.3) is 6.08 Å². The van der Waals surface area contributed by atoms with Gasteiger partial charge in [0.25, 0.3) is 11.8 Å². The SMILES string of the molecule is CC(=Cc1ccccc1)C=C1C(=O)NC(=S)NC1=O. The minimum atomic E-state index is -0.477. The largest absolute Gasteiger partial charge is 0.299 e. The van der Waals surface area contributed by atoms with E-state index in [1.165, 1.54) is 0 Å². The van der Waals surface area contributed by atoms with Gasteiger partial charge < -0.3 is 0 Å². The Hall–Kier alpha value is -2.27. The molecular formula is C14H12N2O2S. The average Bonchev–Trinajstić information content (AvgIpc) is 2.35. The number of rotatable bonds is 2. The summed E-state index contributed by atoms with van der Waals surface area (Å²) in [6.07, 6.45) is 3.43. The lowest BCUT2D eigenvalue weighted by Gasteiger charge is -2.16. The van der Waals surface area contributed by atoms with E-state index in [9.17, 15) is 9.59 Å². The molecule has 0 unspecified atom stereocenters. The first-order valence-electron chi connectivity index (χ1n) is 5.68. The Labute approximate surface area is 116 Å². The van der Waals surface area contributed by atoms with Crippen LogP contribution in [0, 0.1) is 0 Å². The molecule has 0 atom stereocenters. The van der Waals surface area contributed by atoms with Crippen LogP contribution in [0.4, 0.5) is 0 Å². The Balaban J connectivity index is 2.25. The van der Waals surface area contributed by atoms with Crippen molar-refractivity contribution in [3.63, 3.8) is 0 Å². The Morgan fingerprint density at radius 3 is 2.26 bits per heavy atom. The van der Waals surface area contributed by atoms with Crippen LogP contribution < -0.4 is 10.6 Å². The van der Waals surface area contributed by atoms with Crippen molar-refractivity contribution in [1.29, 1.82) is 0 Å². The molecule has 0 saturated carbocycles. The molecule has 1 aromatic rings. The van der Waals surface area contributed by atoms with Crippen molar-refractivity contribution in [3.8, 4) is 0 Å². The quantitative estimate of drug-likeness (QED) is 0.488. The lowest BCUT2D eigenvalue weighted by molar-refractivity contribution is -0.123. The van der Waals surface area contributed by atoms with Crippen LogP contribution in [0.5, 0.6) is 0 Å². The number of carbonyl (C=O) groups is 2. The maximum Gasteiger partial charge on any atom is 0.263 e. The molecule has 1 aliphatic rings. The monoisotopic (exact) mass is 272 g/mol. The number of hydrogen-bond acceptors (Lipinski definition) is 3. The van der Waals surface area contributed by atoms with Crippen molar-refractivity contribution < 1.29 is 9.59 Å². The third-order valence-electron chi connectivity index (χ3n) is 2.51. The molecule has 0 spiro atoms. The average molecular weight is 272 g/mol. The van der Waals surface area contributed by atoms with E-state index in [1.807, 2.05) is 43.3 Å². The highest BCUT2D eigenvalue weighted by atomic mass is 32.1. The van der Waals surface area contributed by atoms with Gasteiger partial charge in [-0.15, -0.1) is 0 Å². The molecular weight excluding hydrogens is 260 g/mol. The lowest BCUT2D eigenvalue weighted by Crippen LogP contribution is -2.51. The molecule has 1 saturated heterocycles. The fraction of sp³-hybridized carbons (Fsp3) is 0.0714. The number of amides is 2. The molecule has 4 nitrogen and oxygen atoms in total. The first-order valence-corrected chi connectivity index (χ1v) is 6.09. The molecule has 2 amide bonds. The summed E-state index contributed by atoms with van der Waals surface area (Å²) in [4.78, 5) is 23.3. The Kier molecular flexibility index (Phi) is 3.87. The van der Waals surface area contributed by atoms with E-state index in [4.69, 9.17) is 12.2 Å². The van der Waals surface area contributed by atoms with Crippen molar-refractivity contribution in [2.75, 3.05) is 0 Å². The molecule has 96 valence electrons. The van der Waals surface area contributed by atoms with Crippen LogP contribution in [0.1, 0.15) is 12.5 Å². The first-order chi connectivity index (χ1) is 9.06. The van der Waals surface area contributed by atoms with Crippen LogP contribution >= 0.6 is 12.2 Å². The minimum absolute atomic E-state index is 0.0387. The smallest absolute Gasteiger partial charge is 0.263 e. The van der Waals surface area contributed by atoms with Crippen molar-refractivity contribution in [1.82, 2.24) is 10.6 Å². The molecule has 2 rings (SSSR count). The summed E-state index contributed by atoms with van der Waals surface area (Å²) in [7, 11) is 0. The topological polar surface area (TPSA) is 58.2 Å². The van der Waals surface area contributed by atoms with E-state index in [0.29, 0.717) is 0 Å². The minimum Gasteiger partial charge on any atom is -0.299 e. The van der Waals surface area contributed by atoms with Crippen LogP contribution in [0.3, 0.4) is 0 Å². The molecule has 0 aliphatic carbocycles. The molecule has 1 heterocycles. The summed E-state index contributed by atoms with van der Waals surface area (Å²) in [6, 6.07) is 9.65. The molecule has 0 aromatic heterocycles. The molecule has 0 radical (unpaired) electrons. The predicted molar refractivity (Wildman–Crippen MR) is 77.1 cm³/mol. The summed E-state index contributed by atoms with van der Waals surface area (Å²) >= 11 is 4.73. The fourth-order valence-electron chi connectivity index (χ4n) is 1.69. The van der Waals surface area contributed by atoms with E-state index < -0.39 is 11.8 Å². The second-order valence-electron chi connectivity index (χ2n) is 4.09. The lowest BCUT2D eigenvalue weighted by atomic mass is 10.1. The second-order valence-corrected chi connectivity index (χ2v) is 4.50. The summed E-state index contributed by atoms with van der Waals surface area (Å²) in [5.41, 5.74) is 1.86. The van der Waals surface area contributed by atoms with Gasteiger partial charge in [-0.05, 0) is 36.4 Å². The second kappa shape index (κ2) is 5.58. The zero-order chi connectivity index (χ0) is 13.8. The maximum atomic E-state index is 11.6. The van der Waals surface area contributed by atoms with Gasteiger partial charge in [-0.25, -0.2) is 0 Å². The van der Waals surface area contributed by atoms with E-state index in [1.54, 1.807) is 6.08 Å². The Morgan fingerprint density at radius 2 is 1.68 bits per heavy atom. The molecule has 1 aromatic carbocycles. The highest BCUT2D eigenvalue weighted by molar-refractivity contribution is 7.80. The number of nitrogens with one attached hydrogen (secondary N) is 2. The molecule has 5 heteroatoms. The fourth-order valence-corrected chi connectivity index (χ4v) is 1.87. The number of hydrogen-bond donors (Lipinski definition) is 2. The van der Waals surface area contributed by atoms with Gasteiger partial charge in [-0.1, -0.05) is 36.4 Å². The van der Waals surface area contributed by atoms with E-state index in [-0.39, 0.29) is 10.7 Å². The summed E-state index contributed by atoms with van der Waals surface area (Å²) < 4.78 is 0. The molecule has 19 heavy (non-hydrogen) atoms. The first kappa shape index (κ1) is 13.2. The number of thiocarbonyl (C=S) groups is 1. The van der Waals surface area contributed by atoms with Crippen molar-refractivity contribution in [2.24, 2.45) is 0 Å². The van der Waals surface area contributed by atoms with Gasteiger partial charge in [0.15, 0.2) is 5.11 Å². The summed E-state index contributed by atoms with van der Waals surface area (Å²) in [5.74, 6) is -0.955. The van der Waals surface area contributed by atoms with Crippen LogP contribution in [0.2, 0.25) is 0 Å². The van der Waals surface area contributed by atoms with Gasteiger partial charge in [0, 0.05) is 0 Å². The standard InChI is InChI=1S/C14H12N2O2S/c1-9(7-10-5-3-2-4-6-10)8-11-12(17)15-14(19)16-13(11)18/h2-8H,1H3,(H2,15,16,17,18,19). The predicted octanol–water partition coefficient (Wildman–Crippen LogP) is 1.55. The van der Waals surface area contributed by atoms with Gasteiger partial charge in [0.2, 0.25) is 0 Å². The van der Waals surface area contributed by atoms with Crippen molar-refractivity contribution >= 4 is 35.2 Å². The Morgan fingerprint density at radius 1 is 1.11 bits per heavy atom. The number of carbonyl (C=O) groups excluding carboxylic acids is 2. The van der Waals surface area contributed by atoms with Crippen molar-refractivity contribution in [2.45, 2.75) is 6.92 Å². The van der Waals surface area contributed by atoms with Crippen LogP contribution in [-0.4, -0.2) is 16.9 Å². The van der Waals surface area contributed by atoms with Crippen LogP contribution in [0.15, 0.2) is 47.6 Å². The molecule has 1 fully saturated rings. The summed E-state index contributed by atoms with van der Waals surface area (Å²) in [6.45, 7) is 1.83. The molecule has 1 aliphatic heterocycles. The maximum absolute atomic E-state index is 11.6. The zero-order valence-electron chi connectivity index (χ0n) is 10.3. The van der Waals surface area contributed by atoms with Crippen molar-refractivity contribution in [3.05, 3.63) is 53.1 Å². The van der Waals surface area contributed by atoms with E-state index in [2.05, 4.69) is 10.6 Å². The zero-order valence-corrected chi connectivity index (χ0v) is 11.1. The third-order valence-corrected chi connectivity index (χ3v) is 2.71. The van der Waals surface area contributed by atoms with E-state index >= 15 is 0 Å². The number of allylic oxidation sites excluding steroid dienone is 2. The van der Waals surface area contributed by atoms with Gasteiger partial charge in [0.05, 0.1) is 0 Å². The van der Waals surface area contributed by atoms with Crippen LogP contribution in [-0.2, 0) is 9.59 Å². The highest BCUT2D eigenvalue weighted by Gasteiger charge is 2.25.